The molecule has 6 heteroatoms. The van der Waals surface area contributed by atoms with Crippen molar-refractivity contribution < 1.29 is 18.7 Å². The third kappa shape index (κ3) is 2.37. The second kappa shape index (κ2) is 5.55. The molecule has 1 aromatic carbocycles. The zero-order valence-corrected chi connectivity index (χ0v) is 12.4. The molecule has 1 atom stereocenters. The molecular weight excluding hydrogens is 275 g/mol. The Balaban J connectivity index is 2.67. The molecule has 0 aliphatic carbocycles. The summed E-state index contributed by atoms with van der Waals surface area (Å²) in [5.41, 5.74) is 0.978. The molecule has 112 valence electrons. The summed E-state index contributed by atoms with van der Waals surface area (Å²) < 4.78 is 18.9. The fourth-order valence-electron chi connectivity index (χ4n) is 2.49. The van der Waals surface area contributed by atoms with E-state index in [1.807, 2.05) is 0 Å². The van der Waals surface area contributed by atoms with E-state index in [9.17, 15) is 14.0 Å². The molecule has 0 saturated carbocycles. The van der Waals surface area contributed by atoms with Crippen molar-refractivity contribution in [3.8, 4) is 0 Å². The van der Waals surface area contributed by atoms with Crippen LogP contribution in [0.4, 0.5) is 9.18 Å². The van der Waals surface area contributed by atoms with E-state index in [1.165, 1.54) is 30.0 Å². The van der Waals surface area contributed by atoms with E-state index in [2.05, 4.69) is 0 Å². The topological polar surface area (TPSA) is 49.9 Å². The van der Waals surface area contributed by atoms with E-state index in [4.69, 9.17) is 4.74 Å². The lowest BCUT2D eigenvalue weighted by molar-refractivity contribution is -0.137. The Hall–Kier alpha value is -2.37. The maximum Gasteiger partial charge on any atom is 0.337 e. The zero-order valence-electron chi connectivity index (χ0n) is 12.4. The number of rotatable bonds is 2. The Morgan fingerprint density at radius 2 is 1.90 bits per heavy atom. The summed E-state index contributed by atoms with van der Waals surface area (Å²) in [5.74, 6) is -1.05. The molecule has 0 aromatic heterocycles. The molecule has 1 aliphatic rings. The van der Waals surface area contributed by atoms with Crippen LogP contribution in [0.15, 0.2) is 35.5 Å². The Kier molecular flexibility index (Phi) is 3.97. The van der Waals surface area contributed by atoms with Gasteiger partial charge in [0.05, 0.1) is 18.7 Å². The lowest BCUT2D eigenvalue weighted by atomic mass is 9.93. The van der Waals surface area contributed by atoms with E-state index >= 15 is 0 Å². The van der Waals surface area contributed by atoms with E-state index in [-0.39, 0.29) is 17.2 Å². The number of amides is 2. The van der Waals surface area contributed by atoms with E-state index in [1.54, 1.807) is 32.2 Å². The lowest BCUT2D eigenvalue weighted by Crippen LogP contribution is -2.47. The van der Waals surface area contributed by atoms with Gasteiger partial charge in [0.1, 0.15) is 5.82 Å². The fourth-order valence-corrected chi connectivity index (χ4v) is 2.49. The average molecular weight is 292 g/mol. The van der Waals surface area contributed by atoms with Crippen LogP contribution < -0.4 is 0 Å². The predicted molar refractivity (Wildman–Crippen MR) is 74.8 cm³/mol. The highest BCUT2D eigenvalue weighted by Gasteiger charge is 2.39. The van der Waals surface area contributed by atoms with Crippen LogP contribution in [-0.2, 0) is 9.53 Å². The molecule has 1 aliphatic heterocycles. The number of esters is 1. The number of hydrogen-bond acceptors (Lipinski definition) is 3. The molecule has 0 saturated heterocycles. The quantitative estimate of drug-likeness (QED) is 0.786. The summed E-state index contributed by atoms with van der Waals surface area (Å²) in [5, 5.41) is 0. The molecule has 21 heavy (non-hydrogen) atoms. The maximum absolute atomic E-state index is 14.1. The van der Waals surface area contributed by atoms with Gasteiger partial charge in [-0.25, -0.2) is 14.0 Å². The van der Waals surface area contributed by atoms with E-state index < -0.39 is 17.8 Å². The van der Waals surface area contributed by atoms with Crippen molar-refractivity contribution in [2.45, 2.75) is 13.0 Å². The van der Waals surface area contributed by atoms with Gasteiger partial charge in [0.25, 0.3) is 0 Å². The van der Waals surface area contributed by atoms with Gasteiger partial charge in [0, 0.05) is 25.4 Å². The minimum Gasteiger partial charge on any atom is -0.466 e. The molecule has 2 amide bonds. The molecule has 0 spiro atoms. The number of carbonyl (C=O) groups excluding carboxylic acids is 2. The second-order valence-electron chi connectivity index (χ2n) is 4.87. The smallest absolute Gasteiger partial charge is 0.337 e. The van der Waals surface area contributed by atoms with Crippen molar-refractivity contribution in [1.82, 2.24) is 9.80 Å². The third-order valence-corrected chi connectivity index (χ3v) is 3.75. The van der Waals surface area contributed by atoms with E-state index in [0.29, 0.717) is 5.70 Å². The summed E-state index contributed by atoms with van der Waals surface area (Å²) in [4.78, 5) is 27.0. The highest BCUT2D eigenvalue weighted by atomic mass is 19.1. The van der Waals surface area contributed by atoms with Crippen molar-refractivity contribution in [1.29, 1.82) is 0 Å². The molecule has 0 bridgehead atoms. The first-order valence-electron chi connectivity index (χ1n) is 6.44. The normalized spacial score (nSPS) is 19.1. The number of nitrogens with zero attached hydrogens (tertiary/aromatic N) is 2. The number of benzene rings is 1. The summed E-state index contributed by atoms with van der Waals surface area (Å²) in [6.45, 7) is 1.64. The summed E-state index contributed by atoms with van der Waals surface area (Å²) in [7, 11) is 4.36. The van der Waals surface area contributed by atoms with Gasteiger partial charge in [-0.3, -0.25) is 0 Å². The molecular formula is C15H17FN2O3. The van der Waals surface area contributed by atoms with Gasteiger partial charge < -0.3 is 14.5 Å². The van der Waals surface area contributed by atoms with Crippen LogP contribution in [0, 0.1) is 5.82 Å². The van der Waals surface area contributed by atoms with Gasteiger partial charge in [-0.1, -0.05) is 18.2 Å². The number of allylic oxidation sites excluding steroid dienone is 1. The lowest BCUT2D eigenvalue weighted by Gasteiger charge is -2.39. The van der Waals surface area contributed by atoms with Crippen LogP contribution in [0.2, 0.25) is 0 Å². The first kappa shape index (κ1) is 15.0. The molecule has 0 N–H and O–H groups in total. The highest BCUT2D eigenvalue weighted by molar-refractivity contribution is 5.94. The first-order chi connectivity index (χ1) is 9.90. The van der Waals surface area contributed by atoms with Crippen molar-refractivity contribution in [2.75, 3.05) is 21.2 Å². The highest BCUT2D eigenvalue weighted by Crippen LogP contribution is 2.36. The number of methoxy groups -OCH3 is 1. The number of urea groups is 1. The second-order valence-corrected chi connectivity index (χ2v) is 4.87. The molecule has 0 radical (unpaired) electrons. The van der Waals surface area contributed by atoms with Crippen LogP contribution in [0.1, 0.15) is 18.5 Å². The molecule has 1 heterocycles. The van der Waals surface area contributed by atoms with Gasteiger partial charge in [-0.2, -0.15) is 0 Å². The summed E-state index contributed by atoms with van der Waals surface area (Å²) in [6.07, 6.45) is 0. The third-order valence-electron chi connectivity index (χ3n) is 3.75. The largest absolute Gasteiger partial charge is 0.466 e. The Morgan fingerprint density at radius 1 is 1.29 bits per heavy atom. The number of halogens is 1. The molecule has 5 nitrogen and oxygen atoms in total. The fraction of sp³-hybridized carbons (Fsp3) is 0.333. The predicted octanol–water partition coefficient (Wildman–Crippen LogP) is 2.31. The monoisotopic (exact) mass is 292 g/mol. The molecule has 1 aromatic rings. The summed E-state index contributed by atoms with van der Waals surface area (Å²) >= 11 is 0. The molecule has 0 fully saturated rings. The van der Waals surface area contributed by atoms with Crippen molar-refractivity contribution >= 4 is 12.0 Å². The van der Waals surface area contributed by atoms with Gasteiger partial charge >= 0.3 is 12.0 Å². The minimum atomic E-state index is -0.803. The van der Waals surface area contributed by atoms with Gasteiger partial charge in [-0.15, -0.1) is 0 Å². The van der Waals surface area contributed by atoms with Crippen molar-refractivity contribution in [3.63, 3.8) is 0 Å². The van der Waals surface area contributed by atoms with Gasteiger partial charge in [-0.05, 0) is 13.0 Å². The zero-order chi connectivity index (χ0) is 15.7. The standard InChI is InChI=1S/C15H17FN2O3/c1-9-12(14(19)21-4)13(18(3)15(20)17(9)2)10-7-5-6-8-11(10)16/h5-8,13H,1-4H3/t13-/m1/s1. The Bertz CT molecular complexity index is 627. The Morgan fingerprint density at radius 3 is 2.48 bits per heavy atom. The number of ether oxygens (including phenoxy) is 1. The van der Waals surface area contributed by atoms with Crippen LogP contribution >= 0.6 is 0 Å². The van der Waals surface area contributed by atoms with Crippen LogP contribution in [0.25, 0.3) is 0 Å². The minimum absolute atomic E-state index is 0.257. The molecule has 0 unspecified atom stereocenters. The Labute approximate surface area is 122 Å². The van der Waals surface area contributed by atoms with E-state index in [0.717, 1.165) is 0 Å². The number of carbonyl (C=O) groups is 2. The SMILES string of the molecule is COC(=O)C1=C(C)N(C)C(=O)N(C)[C@@H]1c1ccccc1F. The number of hydrogen-bond donors (Lipinski definition) is 0. The average Bonchev–Trinajstić information content (AvgIpc) is 2.49. The maximum atomic E-state index is 14.1. The van der Waals surface area contributed by atoms with Gasteiger partial charge in [0.15, 0.2) is 0 Å². The van der Waals surface area contributed by atoms with Gasteiger partial charge in [0.2, 0.25) is 0 Å². The van der Waals surface area contributed by atoms with Crippen LogP contribution in [-0.4, -0.2) is 43.0 Å². The molecule has 2 rings (SSSR count). The van der Waals surface area contributed by atoms with Crippen LogP contribution in [0.3, 0.4) is 0 Å². The van der Waals surface area contributed by atoms with Crippen LogP contribution in [0.5, 0.6) is 0 Å². The summed E-state index contributed by atoms with van der Waals surface area (Å²) in [6, 6.07) is 4.97. The van der Waals surface area contributed by atoms with Crippen molar-refractivity contribution in [2.24, 2.45) is 0 Å². The first-order valence-corrected chi connectivity index (χ1v) is 6.44. The van der Waals surface area contributed by atoms with Crippen molar-refractivity contribution in [3.05, 3.63) is 46.9 Å². The number of likely N-dealkylation sites (N-methyl/N-ethyl adjacent to an activating group) is 1.